The molecular weight excluding hydrogens is 361 g/mol. The number of amides is 2. The average Bonchev–Trinajstić information content (AvgIpc) is 3.44. The van der Waals surface area contributed by atoms with Crippen molar-refractivity contribution in [3.05, 3.63) is 41.7 Å². The monoisotopic (exact) mass is 378 g/mol. The summed E-state index contributed by atoms with van der Waals surface area (Å²) in [5.74, 6) is -0.453. The summed E-state index contributed by atoms with van der Waals surface area (Å²) in [7, 11) is 0. The minimum absolute atomic E-state index is 0.0418. The van der Waals surface area contributed by atoms with Crippen molar-refractivity contribution in [2.45, 2.75) is 25.9 Å². The molecule has 1 aromatic carbocycles. The molecule has 1 aromatic heterocycles. The molecule has 3 rings (SSSR count). The van der Waals surface area contributed by atoms with Crippen molar-refractivity contribution in [2.75, 3.05) is 11.9 Å². The van der Waals surface area contributed by atoms with Crippen molar-refractivity contribution in [3.8, 4) is 11.3 Å². The molecule has 0 unspecified atom stereocenters. The van der Waals surface area contributed by atoms with Crippen LogP contribution in [0.1, 0.15) is 28.8 Å². The molecule has 1 aliphatic rings. The summed E-state index contributed by atoms with van der Waals surface area (Å²) in [4.78, 5) is 31.9. The molecular formula is C18H17F3N4O2. The molecule has 1 fully saturated rings. The standard InChI is InChI=1S/C18H17F3N4O2/c1-10-6-12(4-5-13(10)17(27)22-8-18(19,20)21)14-7-15(24-9-23-14)25-16(26)11-2-3-11/h4-7,9,11H,2-3,8H2,1H3,(H,22,27)(H,23,24,25,26). The van der Waals surface area contributed by atoms with Gasteiger partial charge in [0.2, 0.25) is 5.91 Å². The van der Waals surface area contributed by atoms with Crippen LogP contribution in [0.4, 0.5) is 19.0 Å². The molecule has 27 heavy (non-hydrogen) atoms. The van der Waals surface area contributed by atoms with Crippen LogP contribution in [-0.4, -0.2) is 34.5 Å². The van der Waals surface area contributed by atoms with Crippen molar-refractivity contribution in [1.29, 1.82) is 0 Å². The zero-order valence-corrected chi connectivity index (χ0v) is 14.4. The third kappa shape index (κ3) is 5.02. The summed E-state index contributed by atoms with van der Waals surface area (Å²) < 4.78 is 36.7. The molecule has 0 aliphatic heterocycles. The number of alkyl halides is 3. The van der Waals surface area contributed by atoms with Crippen LogP contribution in [0.15, 0.2) is 30.6 Å². The second kappa shape index (κ2) is 7.34. The Balaban J connectivity index is 1.75. The number of nitrogens with one attached hydrogen (secondary N) is 2. The number of carbonyl (C=O) groups excluding carboxylic acids is 2. The molecule has 142 valence electrons. The molecule has 2 N–H and O–H groups in total. The lowest BCUT2D eigenvalue weighted by Crippen LogP contribution is -2.34. The van der Waals surface area contributed by atoms with Crippen LogP contribution >= 0.6 is 0 Å². The van der Waals surface area contributed by atoms with Gasteiger partial charge in [-0.15, -0.1) is 0 Å². The molecule has 2 amide bonds. The first-order valence-corrected chi connectivity index (χ1v) is 8.32. The lowest BCUT2D eigenvalue weighted by Gasteiger charge is -2.11. The maximum Gasteiger partial charge on any atom is 0.405 e. The Morgan fingerprint density at radius 3 is 2.56 bits per heavy atom. The van der Waals surface area contributed by atoms with Crippen molar-refractivity contribution in [2.24, 2.45) is 5.92 Å². The number of carbonyl (C=O) groups is 2. The van der Waals surface area contributed by atoms with E-state index in [1.165, 1.54) is 12.4 Å². The van der Waals surface area contributed by atoms with E-state index in [0.29, 0.717) is 22.6 Å². The smallest absolute Gasteiger partial charge is 0.343 e. The van der Waals surface area contributed by atoms with Gasteiger partial charge in [0.05, 0.1) is 5.69 Å². The van der Waals surface area contributed by atoms with Crippen molar-refractivity contribution < 1.29 is 22.8 Å². The summed E-state index contributed by atoms with van der Waals surface area (Å²) in [5, 5.41) is 4.58. The summed E-state index contributed by atoms with van der Waals surface area (Å²) in [5.41, 5.74) is 1.85. The van der Waals surface area contributed by atoms with Gasteiger partial charge >= 0.3 is 6.18 Å². The highest BCUT2D eigenvalue weighted by Gasteiger charge is 2.30. The third-order valence-corrected chi connectivity index (χ3v) is 4.08. The van der Waals surface area contributed by atoms with Crippen LogP contribution in [0.2, 0.25) is 0 Å². The van der Waals surface area contributed by atoms with Crippen LogP contribution in [-0.2, 0) is 4.79 Å². The lowest BCUT2D eigenvalue weighted by atomic mass is 10.0. The average molecular weight is 378 g/mol. The number of aromatic nitrogens is 2. The molecule has 9 heteroatoms. The van der Waals surface area contributed by atoms with E-state index in [1.807, 2.05) is 5.32 Å². The number of halogens is 3. The Morgan fingerprint density at radius 1 is 1.19 bits per heavy atom. The number of nitrogens with zero attached hydrogens (tertiary/aromatic N) is 2. The first-order valence-electron chi connectivity index (χ1n) is 8.32. The number of hydrogen-bond acceptors (Lipinski definition) is 4. The quantitative estimate of drug-likeness (QED) is 0.838. The minimum atomic E-state index is -4.47. The van der Waals surface area contributed by atoms with E-state index in [1.54, 1.807) is 25.1 Å². The van der Waals surface area contributed by atoms with Crippen molar-refractivity contribution >= 4 is 17.6 Å². The third-order valence-electron chi connectivity index (χ3n) is 4.08. The van der Waals surface area contributed by atoms with Crippen LogP contribution in [0.25, 0.3) is 11.3 Å². The van der Waals surface area contributed by atoms with E-state index in [9.17, 15) is 22.8 Å². The first-order chi connectivity index (χ1) is 12.7. The fourth-order valence-electron chi connectivity index (χ4n) is 2.51. The van der Waals surface area contributed by atoms with Crippen molar-refractivity contribution in [3.63, 3.8) is 0 Å². The minimum Gasteiger partial charge on any atom is -0.343 e. The number of hydrogen-bond donors (Lipinski definition) is 2. The summed E-state index contributed by atoms with van der Waals surface area (Å²) >= 11 is 0. The molecule has 2 aromatic rings. The second-order valence-electron chi connectivity index (χ2n) is 6.38. The van der Waals surface area contributed by atoms with E-state index >= 15 is 0 Å². The van der Waals surface area contributed by atoms with Gasteiger partial charge in [-0.1, -0.05) is 6.07 Å². The molecule has 1 aliphatic carbocycles. The number of benzene rings is 1. The zero-order chi connectivity index (χ0) is 19.6. The van der Waals surface area contributed by atoms with Crippen LogP contribution in [0, 0.1) is 12.8 Å². The van der Waals surface area contributed by atoms with Crippen LogP contribution < -0.4 is 10.6 Å². The van der Waals surface area contributed by atoms with Gasteiger partial charge in [-0.2, -0.15) is 13.2 Å². The molecule has 1 saturated carbocycles. The maximum absolute atomic E-state index is 12.2. The molecule has 0 spiro atoms. The lowest BCUT2D eigenvalue weighted by molar-refractivity contribution is -0.123. The molecule has 1 heterocycles. The van der Waals surface area contributed by atoms with Gasteiger partial charge in [0, 0.05) is 23.1 Å². The molecule has 0 radical (unpaired) electrons. The zero-order valence-electron chi connectivity index (χ0n) is 14.4. The fourth-order valence-corrected chi connectivity index (χ4v) is 2.51. The summed E-state index contributed by atoms with van der Waals surface area (Å²) in [6, 6.07) is 6.29. The van der Waals surface area contributed by atoms with Gasteiger partial charge in [0.25, 0.3) is 5.91 Å². The largest absolute Gasteiger partial charge is 0.405 e. The summed E-state index contributed by atoms with van der Waals surface area (Å²) in [6.45, 7) is 0.242. The Morgan fingerprint density at radius 2 is 1.93 bits per heavy atom. The first kappa shape index (κ1) is 18.8. The Labute approximate surface area is 153 Å². The highest BCUT2D eigenvalue weighted by molar-refractivity contribution is 5.96. The molecule has 0 atom stereocenters. The van der Waals surface area contributed by atoms with Gasteiger partial charge in [-0.3, -0.25) is 9.59 Å². The van der Waals surface area contributed by atoms with E-state index in [-0.39, 0.29) is 17.4 Å². The van der Waals surface area contributed by atoms with E-state index < -0.39 is 18.6 Å². The van der Waals surface area contributed by atoms with Gasteiger partial charge < -0.3 is 10.6 Å². The van der Waals surface area contributed by atoms with Crippen LogP contribution in [0.5, 0.6) is 0 Å². The predicted octanol–water partition coefficient (Wildman–Crippen LogP) is 3.09. The molecule has 0 bridgehead atoms. The van der Waals surface area contributed by atoms with E-state index in [0.717, 1.165) is 12.8 Å². The van der Waals surface area contributed by atoms with Gasteiger partial charge in [-0.05, 0) is 37.5 Å². The summed E-state index contributed by atoms with van der Waals surface area (Å²) in [6.07, 6.45) is -1.40. The maximum atomic E-state index is 12.2. The Kier molecular flexibility index (Phi) is 5.11. The van der Waals surface area contributed by atoms with Crippen LogP contribution in [0.3, 0.4) is 0 Å². The number of aryl methyl sites for hydroxylation is 1. The van der Waals surface area contributed by atoms with E-state index in [2.05, 4.69) is 15.3 Å². The van der Waals surface area contributed by atoms with E-state index in [4.69, 9.17) is 0 Å². The number of rotatable bonds is 5. The highest BCUT2D eigenvalue weighted by Crippen LogP contribution is 2.30. The van der Waals surface area contributed by atoms with Gasteiger partial charge in [0.1, 0.15) is 18.7 Å². The van der Waals surface area contributed by atoms with Gasteiger partial charge in [-0.25, -0.2) is 9.97 Å². The number of anilines is 1. The highest BCUT2D eigenvalue weighted by atomic mass is 19.4. The second-order valence-corrected chi connectivity index (χ2v) is 6.38. The Bertz CT molecular complexity index is 879. The predicted molar refractivity (Wildman–Crippen MR) is 91.9 cm³/mol. The SMILES string of the molecule is Cc1cc(-c2cc(NC(=O)C3CC3)ncn2)ccc1C(=O)NCC(F)(F)F. The molecule has 6 nitrogen and oxygen atoms in total. The van der Waals surface area contributed by atoms with Gasteiger partial charge in [0.15, 0.2) is 0 Å². The normalized spacial score (nSPS) is 13.9. The van der Waals surface area contributed by atoms with Crippen molar-refractivity contribution in [1.82, 2.24) is 15.3 Å². The topological polar surface area (TPSA) is 84.0 Å². The Hall–Kier alpha value is -2.97. The fraction of sp³-hybridized carbons (Fsp3) is 0.333. The molecule has 0 saturated heterocycles.